The summed E-state index contributed by atoms with van der Waals surface area (Å²) in [7, 11) is 0. The van der Waals surface area contributed by atoms with E-state index in [9.17, 15) is 9.59 Å². The first-order valence-electron chi connectivity index (χ1n) is 15.8. The minimum absolute atomic E-state index is 0.108. The van der Waals surface area contributed by atoms with Gasteiger partial charge in [0.2, 0.25) is 0 Å². The second-order valence-corrected chi connectivity index (χ2v) is 13.7. The molecule has 4 bridgehead atoms. The minimum Gasteiger partial charge on any atom is -0.461 e. The van der Waals surface area contributed by atoms with Crippen molar-refractivity contribution in [2.45, 2.75) is 117 Å². The van der Waals surface area contributed by atoms with Crippen molar-refractivity contribution in [1.29, 1.82) is 0 Å². The molecule has 0 N–H and O–H groups in total. The Kier molecular flexibility index (Phi) is 8.85. The van der Waals surface area contributed by atoms with Crippen LogP contribution >= 0.6 is 0 Å². The highest BCUT2D eigenvalue weighted by atomic mass is 16.5. The van der Waals surface area contributed by atoms with Gasteiger partial charge >= 0.3 is 11.9 Å². The summed E-state index contributed by atoms with van der Waals surface area (Å²) in [4.78, 5) is 26.1. The fourth-order valence-corrected chi connectivity index (χ4v) is 8.60. The molecule has 4 aliphatic heterocycles. The number of carbonyl (C=O) groups is 2. The van der Waals surface area contributed by atoms with Gasteiger partial charge in [-0.15, -0.1) is 0 Å². The molecule has 4 heterocycles. The Hall–Kier alpha value is -1.84. The van der Waals surface area contributed by atoms with E-state index in [0.29, 0.717) is 36.2 Å². The van der Waals surface area contributed by atoms with Crippen molar-refractivity contribution in [2.24, 2.45) is 34.5 Å². The Balaban J connectivity index is 1.38. The van der Waals surface area contributed by atoms with Gasteiger partial charge in [0.15, 0.2) is 0 Å². The van der Waals surface area contributed by atoms with E-state index < -0.39 is 0 Å². The molecule has 1 aromatic carbocycles. The van der Waals surface area contributed by atoms with Gasteiger partial charge in [0.05, 0.1) is 24.3 Å². The lowest BCUT2D eigenvalue weighted by atomic mass is 9.62. The largest absolute Gasteiger partial charge is 0.461 e. The molecule has 0 radical (unpaired) electrons. The summed E-state index contributed by atoms with van der Waals surface area (Å²) in [6.45, 7) is 5.91. The average molecular weight is 523 g/mol. The molecule has 2 unspecified atom stereocenters. The van der Waals surface area contributed by atoms with Gasteiger partial charge in [-0.05, 0) is 86.5 Å². The smallest absolute Gasteiger partial charge is 0.338 e. The van der Waals surface area contributed by atoms with Crippen LogP contribution < -0.4 is 0 Å². The van der Waals surface area contributed by atoms with Crippen LogP contribution in [0, 0.1) is 34.5 Å². The fourth-order valence-electron chi connectivity index (χ4n) is 8.60. The molecule has 0 aromatic heterocycles. The van der Waals surface area contributed by atoms with Gasteiger partial charge in [-0.2, -0.15) is 0 Å². The molecule has 3 saturated carbocycles. The number of esters is 2. The maximum Gasteiger partial charge on any atom is 0.338 e. The van der Waals surface area contributed by atoms with Gasteiger partial charge in [-0.3, -0.25) is 0 Å². The monoisotopic (exact) mass is 522 g/mol. The van der Waals surface area contributed by atoms with Gasteiger partial charge in [0, 0.05) is 10.8 Å². The normalized spacial score (nSPS) is 32.6. The topological polar surface area (TPSA) is 52.6 Å². The third-order valence-corrected chi connectivity index (χ3v) is 11.5. The number of hydrogen-bond acceptors (Lipinski definition) is 4. The van der Waals surface area contributed by atoms with Gasteiger partial charge in [0.25, 0.3) is 0 Å². The fraction of sp³-hybridized carbons (Fsp3) is 0.765. The van der Waals surface area contributed by atoms with Crippen molar-refractivity contribution in [3.05, 3.63) is 35.4 Å². The van der Waals surface area contributed by atoms with Crippen LogP contribution in [0.4, 0.5) is 0 Å². The van der Waals surface area contributed by atoms with Crippen LogP contribution in [0.1, 0.15) is 137 Å². The Morgan fingerprint density at radius 2 is 0.921 bits per heavy atom. The van der Waals surface area contributed by atoms with Crippen LogP contribution in [-0.2, 0) is 9.47 Å². The van der Waals surface area contributed by atoms with Crippen molar-refractivity contribution in [3.63, 3.8) is 0 Å². The lowest BCUT2D eigenvalue weighted by molar-refractivity contribution is -0.0163. The summed E-state index contributed by atoms with van der Waals surface area (Å²) in [5, 5.41) is 0. The maximum absolute atomic E-state index is 13.0. The number of benzene rings is 1. The molecule has 4 nitrogen and oxygen atoms in total. The summed E-state index contributed by atoms with van der Waals surface area (Å²) >= 11 is 0. The third-order valence-electron chi connectivity index (χ3n) is 11.5. The first-order valence-corrected chi connectivity index (χ1v) is 15.8. The molecule has 0 amide bonds. The van der Waals surface area contributed by atoms with Crippen LogP contribution in [0.3, 0.4) is 0 Å². The Morgan fingerprint density at radius 3 is 1.26 bits per heavy atom. The Bertz CT molecular complexity index is 853. The zero-order valence-corrected chi connectivity index (χ0v) is 24.0. The molecule has 0 saturated heterocycles. The van der Waals surface area contributed by atoms with E-state index in [1.54, 1.807) is 24.3 Å². The molecule has 3 aliphatic carbocycles. The molecular weight excluding hydrogens is 472 g/mol. The van der Waals surface area contributed by atoms with E-state index in [-0.39, 0.29) is 22.8 Å². The van der Waals surface area contributed by atoms with Crippen molar-refractivity contribution < 1.29 is 19.1 Å². The quantitative estimate of drug-likeness (QED) is 0.320. The maximum atomic E-state index is 13.0. The number of rotatable bonds is 0. The number of ether oxygens (including phenoxy) is 2. The zero-order valence-electron chi connectivity index (χ0n) is 24.0. The van der Waals surface area contributed by atoms with Gasteiger partial charge in [-0.25, -0.2) is 9.59 Å². The van der Waals surface area contributed by atoms with Crippen LogP contribution in [0.15, 0.2) is 24.3 Å². The molecule has 3 fully saturated rings. The SMILES string of the molecule is CC1CC2CCC(CC2)CC(C)C2(CCCCC2)COC(=O)c2ccc(cc2)C(=O)OCC12CCCCC2. The average Bonchev–Trinajstić information content (AvgIpc) is 2.96. The lowest BCUT2D eigenvalue weighted by Crippen LogP contribution is -2.39. The molecule has 38 heavy (non-hydrogen) atoms. The van der Waals surface area contributed by atoms with E-state index in [4.69, 9.17) is 9.47 Å². The lowest BCUT2D eigenvalue weighted by Gasteiger charge is -2.45. The molecule has 1 aromatic rings. The van der Waals surface area contributed by atoms with E-state index in [1.807, 2.05) is 0 Å². The number of hydrogen-bond donors (Lipinski definition) is 0. The van der Waals surface area contributed by atoms with Gasteiger partial charge in [0.1, 0.15) is 0 Å². The highest BCUT2D eigenvalue weighted by Crippen LogP contribution is 2.49. The molecule has 7 aliphatic rings. The summed E-state index contributed by atoms with van der Waals surface area (Å²) < 4.78 is 12.0. The summed E-state index contributed by atoms with van der Waals surface area (Å²) in [5.74, 6) is 2.20. The number of carbonyl (C=O) groups excluding carboxylic acids is 2. The molecular formula is C34H50O4. The van der Waals surface area contributed by atoms with Crippen LogP contribution in [0.25, 0.3) is 0 Å². The minimum atomic E-state index is -0.271. The highest BCUT2D eigenvalue weighted by Gasteiger charge is 2.42. The second kappa shape index (κ2) is 12.1. The molecule has 2 atom stereocenters. The van der Waals surface area contributed by atoms with Crippen molar-refractivity contribution in [2.75, 3.05) is 13.2 Å². The molecule has 4 heteroatoms. The van der Waals surface area contributed by atoms with E-state index in [0.717, 1.165) is 11.8 Å². The predicted octanol–water partition coefficient (Wildman–Crippen LogP) is 8.77. The predicted molar refractivity (Wildman–Crippen MR) is 151 cm³/mol. The molecule has 210 valence electrons. The first-order chi connectivity index (χ1) is 18.4. The van der Waals surface area contributed by atoms with E-state index >= 15 is 0 Å². The molecule has 2 spiro atoms. The van der Waals surface area contributed by atoms with Crippen LogP contribution in [0.5, 0.6) is 0 Å². The molecule has 8 rings (SSSR count). The van der Waals surface area contributed by atoms with Crippen molar-refractivity contribution >= 4 is 11.9 Å². The van der Waals surface area contributed by atoms with Crippen molar-refractivity contribution in [1.82, 2.24) is 0 Å². The summed E-state index contributed by atoms with van der Waals surface area (Å²) in [6.07, 6.45) is 20.1. The van der Waals surface area contributed by atoms with Gasteiger partial charge in [-0.1, -0.05) is 78.1 Å². The Labute approximate surface area is 230 Å². The van der Waals surface area contributed by atoms with E-state index in [1.165, 1.54) is 103 Å². The standard InChI is InChI=1S/C34H50O4/c1-25-21-27-9-11-28(12-10-27)22-26(2)34(19-7-4-8-20-34)24-38-32(36)30-15-13-29(14-16-30)31(35)37-23-33(25)17-5-3-6-18-33/h13-16,25-28H,3-12,17-24H2,1-2H3. The van der Waals surface area contributed by atoms with Crippen LogP contribution in [-0.4, -0.2) is 25.2 Å². The zero-order chi connectivity index (χ0) is 26.6. The first kappa shape index (κ1) is 27.7. The van der Waals surface area contributed by atoms with E-state index in [2.05, 4.69) is 13.8 Å². The second-order valence-electron chi connectivity index (χ2n) is 13.7. The summed E-state index contributed by atoms with van der Waals surface area (Å²) in [6, 6.07) is 6.91. The summed E-state index contributed by atoms with van der Waals surface area (Å²) in [5.41, 5.74) is 1.25. The van der Waals surface area contributed by atoms with Crippen LogP contribution in [0.2, 0.25) is 0 Å². The van der Waals surface area contributed by atoms with Crippen molar-refractivity contribution in [3.8, 4) is 0 Å². The third kappa shape index (κ3) is 6.15. The Morgan fingerprint density at radius 1 is 0.579 bits per heavy atom. The van der Waals surface area contributed by atoms with Gasteiger partial charge < -0.3 is 9.47 Å². The highest BCUT2D eigenvalue weighted by molar-refractivity contribution is 5.93.